The van der Waals surface area contributed by atoms with E-state index in [2.05, 4.69) is 4.74 Å². The second kappa shape index (κ2) is 5.85. The highest BCUT2D eigenvalue weighted by Crippen LogP contribution is 2.23. The van der Waals surface area contributed by atoms with Crippen LogP contribution in [-0.4, -0.2) is 28.9 Å². The van der Waals surface area contributed by atoms with Crippen LogP contribution < -0.4 is 0 Å². The molecule has 0 radical (unpaired) electrons. The molecule has 0 saturated carbocycles. The Morgan fingerprint density at radius 2 is 2.33 bits per heavy atom. The quantitative estimate of drug-likeness (QED) is 0.743. The van der Waals surface area contributed by atoms with E-state index in [1.165, 1.54) is 11.3 Å². The van der Waals surface area contributed by atoms with Crippen molar-refractivity contribution in [2.24, 2.45) is 0 Å². The fourth-order valence-corrected chi connectivity index (χ4v) is 1.92. The Morgan fingerprint density at radius 3 is 2.87 bits per heavy atom. The predicted octanol–water partition coefficient (Wildman–Crippen LogP) is 1.10. The lowest BCUT2D eigenvalue weighted by atomic mass is 10.1. The second-order valence-electron chi connectivity index (χ2n) is 3.04. The Hall–Kier alpha value is -0.910. The number of ether oxygens (including phenoxy) is 1. The molecule has 1 heterocycles. The van der Waals surface area contributed by atoms with Crippen molar-refractivity contribution in [1.82, 2.24) is 0 Å². The third-order valence-corrected chi connectivity index (χ3v) is 2.82. The number of thiophene rings is 1. The van der Waals surface area contributed by atoms with E-state index in [1.54, 1.807) is 24.4 Å². The van der Waals surface area contributed by atoms with Crippen LogP contribution >= 0.6 is 11.3 Å². The molecule has 0 aliphatic rings. The Balaban J connectivity index is 2.46. The molecule has 0 saturated heterocycles. The van der Waals surface area contributed by atoms with Crippen LogP contribution in [0, 0.1) is 0 Å². The SMILES string of the molecule is CCOC(=O)CC(O)C(O)c1cccs1. The Morgan fingerprint density at radius 1 is 1.60 bits per heavy atom. The van der Waals surface area contributed by atoms with Crippen LogP contribution in [0.2, 0.25) is 0 Å². The summed E-state index contributed by atoms with van der Waals surface area (Å²) in [5, 5.41) is 21.0. The zero-order valence-electron chi connectivity index (χ0n) is 8.42. The molecule has 0 aromatic carbocycles. The summed E-state index contributed by atoms with van der Waals surface area (Å²) in [5.41, 5.74) is 0. The maximum atomic E-state index is 11.0. The van der Waals surface area contributed by atoms with Crippen molar-refractivity contribution in [3.63, 3.8) is 0 Å². The number of aliphatic hydroxyl groups excluding tert-OH is 2. The number of carbonyl (C=O) groups is 1. The van der Waals surface area contributed by atoms with Crippen LogP contribution in [0.4, 0.5) is 0 Å². The van der Waals surface area contributed by atoms with Crippen LogP contribution in [0.1, 0.15) is 24.3 Å². The molecule has 15 heavy (non-hydrogen) atoms. The third-order valence-electron chi connectivity index (χ3n) is 1.88. The number of hydrogen-bond donors (Lipinski definition) is 2. The topological polar surface area (TPSA) is 66.8 Å². The summed E-state index contributed by atoms with van der Waals surface area (Å²) in [6.07, 6.45) is -2.32. The summed E-state index contributed by atoms with van der Waals surface area (Å²) in [7, 11) is 0. The van der Waals surface area contributed by atoms with Gasteiger partial charge < -0.3 is 14.9 Å². The maximum absolute atomic E-state index is 11.0. The van der Waals surface area contributed by atoms with E-state index in [1.807, 2.05) is 0 Å². The highest BCUT2D eigenvalue weighted by atomic mass is 32.1. The first-order valence-corrected chi connectivity index (χ1v) is 5.58. The first kappa shape index (κ1) is 12.2. The van der Waals surface area contributed by atoms with Crippen molar-refractivity contribution < 1.29 is 19.7 Å². The standard InChI is InChI=1S/C10H14O4S/c1-2-14-9(12)6-7(11)10(13)8-4-3-5-15-8/h3-5,7,10-11,13H,2,6H2,1H3. The molecule has 1 rings (SSSR count). The monoisotopic (exact) mass is 230 g/mol. The molecule has 1 aromatic heterocycles. The highest BCUT2D eigenvalue weighted by Gasteiger charge is 2.22. The first-order chi connectivity index (χ1) is 7.15. The van der Waals surface area contributed by atoms with Crippen molar-refractivity contribution in [3.05, 3.63) is 22.4 Å². The third kappa shape index (κ3) is 3.62. The largest absolute Gasteiger partial charge is 0.466 e. The van der Waals surface area contributed by atoms with Gasteiger partial charge in [-0.15, -0.1) is 11.3 Å². The Kier molecular flexibility index (Phi) is 4.74. The predicted molar refractivity (Wildman–Crippen MR) is 56.5 cm³/mol. The molecule has 0 bridgehead atoms. The molecule has 0 spiro atoms. The zero-order valence-corrected chi connectivity index (χ0v) is 9.24. The van der Waals surface area contributed by atoms with E-state index in [0.717, 1.165) is 0 Å². The van der Waals surface area contributed by atoms with Crippen LogP contribution in [-0.2, 0) is 9.53 Å². The van der Waals surface area contributed by atoms with Gasteiger partial charge in [0.05, 0.1) is 19.1 Å². The van der Waals surface area contributed by atoms with E-state index in [-0.39, 0.29) is 13.0 Å². The van der Waals surface area contributed by atoms with Gasteiger partial charge in [-0.2, -0.15) is 0 Å². The van der Waals surface area contributed by atoms with Crippen molar-refractivity contribution in [2.45, 2.75) is 25.6 Å². The van der Waals surface area contributed by atoms with Crippen LogP contribution in [0.3, 0.4) is 0 Å². The number of rotatable bonds is 5. The molecular weight excluding hydrogens is 216 g/mol. The van der Waals surface area contributed by atoms with E-state index >= 15 is 0 Å². The van der Waals surface area contributed by atoms with Gasteiger partial charge in [0.25, 0.3) is 0 Å². The molecule has 4 nitrogen and oxygen atoms in total. The minimum absolute atomic E-state index is 0.188. The van der Waals surface area contributed by atoms with Gasteiger partial charge in [0.1, 0.15) is 6.10 Å². The molecule has 0 aliphatic heterocycles. The smallest absolute Gasteiger partial charge is 0.308 e. The van der Waals surface area contributed by atoms with Crippen molar-refractivity contribution in [3.8, 4) is 0 Å². The molecule has 2 N–H and O–H groups in total. The van der Waals surface area contributed by atoms with Gasteiger partial charge in [0, 0.05) is 4.88 Å². The lowest BCUT2D eigenvalue weighted by Crippen LogP contribution is -2.22. The molecule has 0 fully saturated rings. The molecule has 2 unspecified atom stereocenters. The minimum Gasteiger partial charge on any atom is -0.466 e. The molecular formula is C10H14O4S. The van der Waals surface area contributed by atoms with Gasteiger partial charge in [0.2, 0.25) is 0 Å². The minimum atomic E-state index is -1.11. The van der Waals surface area contributed by atoms with E-state index in [0.29, 0.717) is 4.88 Å². The zero-order chi connectivity index (χ0) is 11.3. The average molecular weight is 230 g/mol. The van der Waals surface area contributed by atoms with Gasteiger partial charge in [0.15, 0.2) is 0 Å². The summed E-state index contributed by atoms with van der Waals surface area (Å²) in [6.45, 7) is 1.97. The number of hydrogen-bond acceptors (Lipinski definition) is 5. The lowest BCUT2D eigenvalue weighted by Gasteiger charge is -2.15. The summed E-state index contributed by atoms with van der Waals surface area (Å²) >= 11 is 1.34. The fourth-order valence-electron chi connectivity index (χ4n) is 1.15. The maximum Gasteiger partial charge on any atom is 0.308 e. The Labute approximate surface area is 92.1 Å². The summed E-state index contributed by atoms with van der Waals surface area (Å²) < 4.78 is 4.67. The number of carbonyl (C=O) groups excluding carboxylic acids is 1. The number of aliphatic hydroxyl groups is 2. The van der Waals surface area contributed by atoms with E-state index in [4.69, 9.17) is 0 Å². The van der Waals surface area contributed by atoms with Crippen LogP contribution in [0.15, 0.2) is 17.5 Å². The molecule has 5 heteroatoms. The average Bonchev–Trinajstić information content (AvgIpc) is 2.69. The van der Waals surface area contributed by atoms with Crippen molar-refractivity contribution in [2.75, 3.05) is 6.61 Å². The van der Waals surface area contributed by atoms with Crippen molar-refractivity contribution in [1.29, 1.82) is 0 Å². The van der Waals surface area contributed by atoms with Gasteiger partial charge in [-0.25, -0.2) is 0 Å². The Bertz CT molecular complexity index is 296. The summed E-state index contributed by atoms with van der Waals surface area (Å²) in [6, 6.07) is 3.49. The van der Waals surface area contributed by atoms with Crippen LogP contribution in [0.5, 0.6) is 0 Å². The van der Waals surface area contributed by atoms with Crippen LogP contribution in [0.25, 0.3) is 0 Å². The second-order valence-corrected chi connectivity index (χ2v) is 4.02. The summed E-state index contributed by atoms with van der Waals surface area (Å²) in [5.74, 6) is -0.499. The van der Waals surface area contributed by atoms with Gasteiger partial charge in [-0.05, 0) is 18.4 Å². The van der Waals surface area contributed by atoms with Gasteiger partial charge in [-0.1, -0.05) is 6.07 Å². The summed E-state index contributed by atoms with van der Waals surface area (Å²) in [4.78, 5) is 11.7. The molecule has 0 aliphatic carbocycles. The normalized spacial score (nSPS) is 14.6. The molecule has 1 aromatic rings. The fraction of sp³-hybridized carbons (Fsp3) is 0.500. The van der Waals surface area contributed by atoms with E-state index in [9.17, 15) is 15.0 Å². The molecule has 0 amide bonds. The van der Waals surface area contributed by atoms with Gasteiger partial charge in [-0.3, -0.25) is 4.79 Å². The van der Waals surface area contributed by atoms with E-state index < -0.39 is 18.2 Å². The highest BCUT2D eigenvalue weighted by molar-refractivity contribution is 7.10. The molecule has 84 valence electrons. The number of esters is 1. The van der Waals surface area contributed by atoms with Crippen molar-refractivity contribution >= 4 is 17.3 Å². The lowest BCUT2D eigenvalue weighted by molar-refractivity contribution is -0.147. The van der Waals surface area contributed by atoms with Gasteiger partial charge >= 0.3 is 5.97 Å². The molecule has 2 atom stereocenters. The first-order valence-electron chi connectivity index (χ1n) is 4.70.